The molecule has 0 atom stereocenters. The first-order valence-corrected chi connectivity index (χ1v) is 9.00. The fraction of sp³-hybridized carbons (Fsp3) is 0.429. The molecule has 0 radical (unpaired) electrons. The van der Waals surface area contributed by atoms with E-state index in [2.05, 4.69) is 19.1 Å². The average molecular weight is 339 g/mol. The van der Waals surface area contributed by atoms with Gasteiger partial charge < -0.3 is 9.64 Å². The summed E-state index contributed by atoms with van der Waals surface area (Å²) in [7, 11) is 1.36. The summed E-state index contributed by atoms with van der Waals surface area (Å²) < 4.78 is 4.95. The van der Waals surface area contributed by atoms with Gasteiger partial charge in [-0.25, -0.2) is 4.79 Å². The Hall–Kier alpha value is -2.36. The van der Waals surface area contributed by atoms with E-state index in [-0.39, 0.29) is 11.9 Å². The zero-order chi connectivity index (χ0) is 18.0. The van der Waals surface area contributed by atoms with Crippen LogP contribution in [0, 0.1) is 0 Å². The molecule has 4 nitrogen and oxygen atoms in total. The molecule has 0 unspecified atom stereocenters. The summed E-state index contributed by atoms with van der Waals surface area (Å²) >= 11 is 0. The van der Waals surface area contributed by atoms with Gasteiger partial charge in [-0.3, -0.25) is 4.79 Å². The van der Waals surface area contributed by atoms with Crippen LogP contribution in [0.25, 0.3) is 6.08 Å². The van der Waals surface area contributed by atoms with E-state index in [0.29, 0.717) is 11.1 Å². The van der Waals surface area contributed by atoms with Gasteiger partial charge in [0.2, 0.25) is 0 Å². The van der Waals surface area contributed by atoms with Crippen LogP contribution in [-0.2, 0) is 20.7 Å². The molecule has 0 bridgehead atoms. The van der Waals surface area contributed by atoms with Crippen LogP contribution in [0.5, 0.6) is 0 Å². The van der Waals surface area contributed by atoms with Gasteiger partial charge >= 0.3 is 5.97 Å². The first kappa shape index (κ1) is 17.5. The maximum atomic E-state index is 13.1. The maximum Gasteiger partial charge on any atom is 0.340 e. The molecule has 1 heterocycles. The van der Waals surface area contributed by atoms with Crippen LogP contribution < -0.4 is 0 Å². The van der Waals surface area contributed by atoms with E-state index in [9.17, 15) is 9.59 Å². The zero-order valence-corrected chi connectivity index (χ0v) is 15.2. The fourth-order valence-corrected chi connectivity index (χ4v) is 3.82. The number of carbonyl (C=O) groups is 2. The molecule has 1 fully saturated rings. The smallest absolute Gasteiger partial charge is 0.340 e. The number of benzene rings is 1. The molecule has 0 saturated heterocycles. The van der Waals surface area contributed by atoms with Gasteiger partial charge in [0, 0.05) is 11.7 Å². The Labute approximate surface area is 149 Å². The number of esters is 1. The SMILES string of the molecule is CCc1ccc(/C=C2\C(=O)N(C3CCCC3)C(C)=C2C(=O)OC)cc1. The van der Waals surface area contributed by atoms with Gasteiger partial charge in [-0.05, 0) is 43.4 Å². The predicted octanol–water partition coefficient (Wildman–Crippen LogP) is 3.86. The number of methoxy groups -OCH3 is 1. The van der Waals surface area contributed by atoms with Crippen LogP contribution in [0.1, 0.15) is 50.7 Å². The molecule has 0 N–H and O–H groups in total. The van der Waals surface area contributed by atoms with Crippen molar-refractivity contribution in [3.63, 3.8) is 0 Å². The van der Waals surface area contributed by atoms with Crippen molar-refractivity contribution >= 4 is 18.0 Å². The van der Waals surface area contributed by atoms with Gasteiger partial charge in [0.1, 0.15) is 0 Å². The van der Waals surface area contributed by atoms with Crippen LogP contribution >= 0.6 is 0 Å². The Morgan fingerprint density at radius 3 is 2.44 bits per heavy atom. The van der Waals surface area contributed by atoms with Crippen molar-refractivity contribution in [3.8, 4) is 0 Å². The van der Waals surface area contributed by atoms with Gasteiger partial charge in [0.05, 0.1) is 18.3 Å². The monoisotopic (exact) mass is 339 g/mol. The summed E-state index contributed by atoms with van der Waals surface area (Å²) in [4.78, 5) is 27.2. The van der Waals surface area contributed by atoms with Crippen LogP contribution in [0.2, 0.25) is 0 Å². The van der Waals surface area contributed by atoms with E-state index < -0.39 is 5.97 Å². The van der Waals surface area contributed by atoms with E-state index in [4.69, 9.17) is 4.74 Å². The molecular formula is C21H25NO3. The molecule has 3 rings (SSSR count). The summed E-state index contributed by atoms with van der Waals surface area (Å²) in [5.74, 6) is -0.521. The molecule has 1 aliphatic carbocycles. The van der Waals surface area contributed by atoms with Crippen molar-refractivity contribution in [1.82, 2.24) is 4.90 Å². The molecule has 1 aromatic rings. The number of hydrogen-bond acceptors (Lipinski definition) is 3. The second-order valence-corrected chi connectivity index (χ2v) is 6.72. The molecule has 1 aromatic carbocycles. The van der Waals surface area contributed by atoms with Crippen LogP contribution in [0.4, 0.5) is 0 Å². The lowest BCUT2D eigenvalue weighted by Crippen LogP contribution is -2.34. The van der Waals surface area contributed by atoms with Crippen molar-refractivity contribution in [1.29, 1.82) is 0 Å². The number of amides is 1. The summed E-state index contributed by atoms with van der Waals surface area (Å²) in [6, 6.07) is 8.27. The molecule has 0 spiro atoms. The summed E-state index contributed by atoms with van der Waals surface area (Å²) in [5, 5.41) is 0. The molecule has 1 amide bonds. The molecular weight excluding hydrogens is 314 g/mol. The van der Waals surface area contributed by atoms with Crippen LogP contribution in [0.15, 0.2) is 41.1 Å². The quantitative estimate of drug-likeness (QED) is 0.618. The number of carbonyl (C=O) groups excluding carboxylic acids is 2. The number of ether oxygens (including phenoxy) is 1. The zero-order valence-electron chi connectivity index (χ0n) is 15.2. The number of allylic oxidation sites excluding steroid dienone is 1. The first-order chi connectivity index (χ1) is 12.1. The third kappa shape index (κ3) is 3.26. The van der Waals surface area contributed by atoms with Crippen molar-refractivity contribution in [2.45, 2.75) is 52.0 Å². The number of nitrogens with zero attached hydrogens (tertiary/aromatic N) is 1. The van der Waals surface area contributed by atoms with Crippen molar-refractivity contribution < 1.29 is 14.3 Å². The largest absolute Gasteiger partial charge is 0.465 e. The average Bonchev–Trinajstić information content (AvgIpc) is 3.22. The lowest BCUT2D eigenvalue weighted by Gasteiger charge is -2.25. The van der Waals surface area contributed by atoms with Gasteiger partial charge in [-0.2, -0.15) is 0 Å². The van der Waals surface area contributed by atoms with E-state index >= 15 is 0 Å². The lowest BCUT2D eigenvalue weighted by molar-refractivity contribution is -0.136. The second-order valence-electron chi connectivity index (χ2n) is 6.72. The lowest BCUT2D eigenvalue weighted by atomic mass is 10.0. The Morgan fingerprint density at radius 1 is 1.24 bits per heavy atom. The number of aryl methyl sites for hydroxylation is 1. The molecule has 25 heavy (non-hydrogen) atoms. The highest BCUT2D eigenvalue weighted by Gasteiger charge is 2.40. The van der Waals surface area contributed by atoms with E-state index in [0.717, 1.165) is 43.4 Å². The summed E-state index contributed by atoms with van der Waals surface area (Å²) in [6.07, 6.45) is 7.04. The number of hydrogen-bond donors (Lipinski definition) is 0. The van der Waals surface area contributed by atoms with Crippen molar-refractivity contribution in [2.75, 3.05) is 7.11 Å². The molecule has 1 aliphatic heterocycles. The Morgan fingerprint density at radius 2 is 1.88 bits per heavy atom. The first-order valence-electron chi connectivity index (χ1n) is 9.00. The minimum absolute atomic E-state index is 0.0793. The van der Waals surface area contributed by atoms with Crippen molar-refractivity contribution in [3.05, 3.63) is 52.2 Å². The topological polar surface area (TPSA) is 46.6 Å². The molecule has 132 valence electrons. The minimum atomic E-state index is -0.442. The van der Waals surface area contributed by atoms with Crippen LogP contribution in [-0.4, -0.2) is 29.9 Å². The minimum Gasteiger partial charge on any atom is -0.465 e. The third-order valence-corrected chi connectivity index (χ3v) is 5.22. The summed E-state index contributed by atoms with van der Waals surface area (Å²) in [5.41, 5.74) is 3.73. The molecule has 1 saturated carbocycles. The van der Waals surface area contributed by atoms with Crippen LogP contribution in [0.3, 0.4) is 0 Å². The Balaban J connectivity index is 2.01. The molecule has 2 aliphatic rings. The van der Waals surface area contributed by atoms with Crippen molar-refractivity contribution in [2.24, 2.45) is 0 Å². The third-order valence-electron chi connectivity index (χ3n) is 5.22. The second kappa shape index (κ2) is 7.26. The molecule has 4 heteroatoms. The Kier molecular flexibility index (Phi) is 5.07. The highest BCUT2D eigenvalue weighted by Crippen LogP contribution is 2.37. The maximum absolute atomic E-state index is 13.1. The van der Waals surface area contributed by atoms with Gasteiger partial charge in [-0.1, -0.05) is 44.0 Å². The van der Waals surface area contributed by atoms with Gasteiger partial charge in [-0.15, -0.1) is 0 Å². The number of rotatable bonds is 4. The highest BCUT2D eigenvalue weighted by atomic mass is 16.5. The Bertz CT molecular complexity index is 737. The standard InChI is InChI=1S/C21H25NO3/c1-4-15-9-11-16(12-10-15)13-18-19(21(24)25-3)14(2)22(20(18)23)17-7-5-6-8-17/h9-13,17H,4-8H2,1-3H3/b18-13-. The highest BCUT2D eigenvalue weighted by molar-refractivity contribution is 6.16. The van der Waals surface area contributed by atoms with E-state index in [1.54, 1.807) is 0 Å². The molecule has 0 aromatic heterocycles. The fourth-order valence-electron chi connectivity index (χ4n) is 3.82. The van der Waals surface area contributed by atoms with Gasteiger partial charge in [0.25, 0.3) is 5.91 Å². The van der Waals surface area contributed by atoms with Gasteiger partial charge in [0.15, 0.2) is 0 Å². The summed E-state index contributed by atoms with van der Waals surface area (Å²) in [6.45, 7) is 3.96. The van der Waals surface area contributed by atoms with E-state index in [1.165, 1.54) is 12.7 Å². The van der Waals surface area contributed by atoms with E-state index in [1.807, 2.05) is 30.0 Å². The predicted molar refractivity (Wildman–Crippen MR) is 97.6 cm³/mol. The normalized spacial score (nSPS) is 20.0.